The van der Waals surface area contributed by atoms with Crippen LogP contribution < -0.4 is 4.74 Å². The number of ether oxygens (including phenoxy) is 1. The molecule has 0 aliphatic carbocycles. The Kier molecular flexibility index (Phi) is 6.64. The van der Waals surface area contributed by atoms with Crippen LogP contribution in [-0.4, -0.2) is 4.98 Å². The van der Waals surface area contributed by atoms with E-state index in [0.717, 1.165) is 24.3 Å². The second-order valence-electron chi connectivity index (χ2n) is 5.20. The van der Waals surface area contributed by atoms with Gasteiger partial charge in [0.15, 0.2) is 0 Å². The number of hydrogen-bond donors (Lipinski definition) is 0. The number of nitrogens with zero attached hydrogens (tertiary/aromatic N) is 1. The van der Waals surface area contributed by atoms with Crippen molar-refractivity contribution in [2.45, 2.75) is 19.4 Å². The summed E-state index contributed by atoms with van der Waals surface area (Å²) in [5.41, 5.74) is 3.53. The van der Waals surface area contributed by atoms with E-state index in [2.05, 4.69) is 41.4 Å². The molecule has 118 valence electrons. The predicted octanol–water partition coefficient (Wildman–Crippen LogP) is 4.87. The lowest BCUT2D eigenvalue weighted by Gasteiger charge is -2.11. The van der Waals surface area contributed by atoms with Crippen molar-refractivity contribution >= 4 is 12.4 Å². The minimum absolute atomic E-state index is 0. The molecule has 0 atom stereocenters. The number of pyridine rings is 1. The fourth-order valence-electron chi connectivity index (χ4n) is 2.41. The van der Waals surface area contributed by atoms with Crippen LogP contribution in [-0.2, 0) is 19.4 Å². The van der Waals surface area contributed by atoms with Gasteiger partial charge < -0.3 is 4.74 Å². The van der Waals surface area contributed by atoms with Crippen LogP contribution in [0.25, 0.3) is 0 Å². The molecule has 0 bridgehead atoms. The van der Waals surface area contributed by atoms with Gasteiger partial charge in [0.1, 0.15) is 12.4 Å². The summed E-state index contributed by atoms with van der Waals surface area (Å²) in [5.74, 6) is 0.948. The summed E-state index contributed by atoms with van der Waals surface area (Å²) in [7, 11) is 0. The Balaban J connectivity index is 0.00000192. The van der Waals surface area contributed by atoms with Crippen LogP contribution in [0.15, 0.2) is 79.0 Å². The lowest BCUT2D eigenvalue weighted by molar-refractivity contribution is 0.298. The molecule has 0 aliphatic rings. The highest BCUT2D eigenvalue weighted by molar-refractivity contribution is 5.85. The fraction of sp³-hybridized carbons (Fsp3) is 0.150. The van der Waals surface area contributed by atoms with Crippen molar-refractivity contribution < 1.29 is 4.74 Å². The molecule has 0 saturated carbocycles. The van der Waals surface area contributed by atoms with Crippen LogP contribution in [0.1, 0.15) is 16.8 Å². The van der Waals surface area contributed by atoms with Gasteiger partial charge in [-0.1, -0.05) is 54.6 Å². The van der Waals surface area contributed by atoms with Crippen LogP contribution in [0.4, 0.5) is 0 Å². The molecule has 1 aromatic heterocycles. The number of para-hydroxylation sites is 1. The minimum Gasteiger partial charge on any atom is -0.487 e. The number of benzene rings is 2. The monoisotopic (exact) mass is 325 g/mol. The third-order valence-corrected chi connectivity index (χ3v) is 3.60. The Labute approximate surface area is 143 Å². The first-order valence-corrected chi connectivity index (χ1v) is 7.56. The SMILES string of the molecule is Cl.c1ccc(CCc2ccccc2OCc2ccccn2)cc1. The summed E-state index contributed by atoms with van der Waals surface area (Å²) >= 11 is 0. The van der Waals surface area contributed by atoms with Crippen LogP contribution in [0, 0.1) is 0 Å². The third kappa shape index (κ3) is 5.11. The van der Waals surface area contributed by atoms with E-state index in [1.165, 1.54) is 11.1 Å². The van der Waals surface area contributed by atoms with Gasteiger partial charge in [-0.05, 0) is 42.2 Å². The Morgan fingerprint density at radius 2 is 1.48 bits per heavy atom. The number of hydrogen-bond acceptors (Lipinski definition) is 2. The van der Waals surface area contributed by atoms with Crippen LogP contribution in [0.2, 0.25) is 0 Å². The van der Waals surface area contributed by atoms with Gasteiger partial charge in [-0.25, -0.2) is 0 Å². The first kappa shape index (κ1) is 17.0. The molecule has 0 unspecified atom stereocenters. The van der Waals surface area contributed by atoms with Gasteiger partial charge in [-0.3, -0.25) is 4.98 Å². The largest absolute Gasteiger partial charge is 0.487 e. The second-order valence-corrected chi connectivity index (χ2v) is 5.20. The molecule has 3 rings (SSSR count). The van der Waals surface area contributed by atoms with Gasteiger partial charge in [-0.15, -0.1) is 12.4 Å². The molecule has 1 heterocycles. The molecular formula is C20H20ClNO. The van der Waals surface area contributed by atoms with Gasteiger partial charge in [0.05, 0.1) is 5.69 Å². The second kappa shape index (κ2) is 8.96. The lowest BCUT2D eigenvalue weighted by atomic mass is 10.0. The summed E-state index contributed by atoms with van der Waals surface area (Å²) in [5, 5.41) is 0. The molecule has 0 spiro atoms. The predicted molar refractivity (Wildman–Crippen MR) is 96.1 cm³/mol. The van der Waals surface area contributed by atoms with Crippen molar-refractivity contribution in [3.63, 3.8) is 0 Å². The number of halogens is 1. The smallest absolute Gasteiger partial charge is 0.130 e. The molecule has 0 fully saturated rings. The van der Waals surface area contributed by atoms with Crippen LogP contribution >= 0.6 is 12.4 Å². The summed E-state index contributed by atoms with van der Waals surface area (Å²) < 4.78 is 5.95. The zero-order valence-corrected chi connectivity index (χ0v) is 13.7. The van der Waals surface area contributed by atoms with E-state index in [-0.39, 0.29) is 12.4 Å². The van der Waals surface area contributed by atoms with E-state index in [1.807, 2.05) is 36.4 Å². The molecule has 3 heteroatoms. The highest BCUT2D eigenvalue weighted by Crippen LogP contribution is 2.21. The summed E-state index contributed by atoms with van der Waals surface area (Å²) in [6.45, 7) is 0.503. The van der Waals surface area contributed by atoms with E-state index in [4.69, 9.17) is 4.74 Å². The maximum absolute atomic E-state index is 5.95. The van der Waals surface area contributed by atoms with Gasteiger partial charge in [0.2, 0.25) is 0 Å². The minimum atomic E-state index is 0. The van der Waals surface area contributed by atoms with Crippen LogP contribution in [0.3, 0.4) is 0 Å². The lowest BCUT2D eigenvalue weighted by Crippen LogP contribution is -2.01. The summed E-state index contributed by atoms with van der Waals surface area (Å²) in [6, 6.07) is 24.7. The van der Waals surface area contributed by atoms with Gasteiger partial charge >= 0.3 is 0 Å². The van der Waals surface area contributed by atoms with Crippen molar-refractivity contribution in [1.29, 1.82) is 0 Å². The average molecular weight is 326 g/mol. The van der Waals surface area contributed by atoms with Gasteiger partial charge in [-0.2, -0.15) is 0 Å². The third-order valence-electron chi connectivity index (χ3n) is 3.60. The first-order chi connectivity index (χ1) is 10.9. The standard InChI is InChI=1S/C20H19NO.ClH/c1-2-8-17(9-3-1)13-14-18-10-4-5-12-20(18)22-16-19-11-6-7-15-21-19;/h1-12,15H,13-14,16H2;1H. The van der Waals surface area contributed by atoms with Crippen molar-refractivity contribution in [3.05, 3.63) is 95.8 Å². The quantitative estimate of drug-likeness (QED) is 0.645. The molecule has 0 saturated heterocycles. The van der Waals surface area contributed by atoms with Crippen molar-refractivity contribution in [1.82, 2.24) is 4.98 Å². The summed E-state index contributed by atoms with van der Waals surface area (Å²) in [6.07, 6.45) is 3.78. The Bertz CT molecular complexity index is 639. The highest BCUT2D eigenvalue weighted by atomic mass is 35.5. The van der Waals surface area contributed by atoms with E-state index < -0.39 is 0 Å². The van der Waals surface area contributed by atoms with Crippen LogP contribution in [0.5, 0.6) is 5.75 Å². The number of aryl methyl sites for hydroxylation is 2. The molecule has 0 aliphatic heterocycles. The zero-order valence-electron chi connectivity index (χ0n) is 12.9. The maximum atomic E-state index is 5.95. The van der Waals surface area contributed by atoms with E-state index in [9.17, 15) is 0 Å². The average Bonchev–Trinajstić information content (AvgIpc) is 2.61. The molecule has 0 radical (unpaired) electrons. The van der Waals surface area contributed by atoms with Crippen molar-refractivity contribution in [2.75, 3.05) is 0 Å². The molecule has 0 amide bonds. The Morgan fingerprint density at radius 3 is 2.26 bits per heavy atom. The fourth-order valence-corrected chi connectivity index (χ4v) is 2.41. The maximum Gasteiger partial charge on any atom is 0.130 e. The molecule has 0 N–H and O–H groups in total. The normalized spacial score (nSPS) is 9.91. The zero-order chi connectivity index (χ0) is 15.0. The summed E-state index contributed by atoms with van der Waals surface area (Å²) in [4.78, 5) is 4.29. The Morgan fingerprint density at radius 1 is 0.739 bits per heavy atom. The van der Waals surface area contributed by atoms with E-state index >= 15 is 0 Å². The molecule has 3 aromatic rings. The number of rotatable bonds is 6. The van der Waals surface area contributed by atoms with Gasteiger partial charge in [0, 0.05) is 6.20 Å². The van der Waals surface area contributed by atoms with Gasteiger partial charge in [0.25, 0.3) is 0 Å². The van der Waals surface area contributed by atoms with Crippen molar-refractivity contribution in [2.24, 2.45) is 0 Å². The highest BCUT2D eigenvalue weighted by Gasteiger charge is 2.04. The first-order valence-electron chi connectivity index (χ1n) is 7.56. The van der Waals surface area contributed by atoms with E-state index in [0.29, 0.717) is 6.61 Å². The van der Waals surface area contributed by atoms with E-state index in [1.54, 1.807) is 6.20 Å². The number of aromatic nitrogens is 1. The topological polar surface area (TPSA) is 22.1 Å². The molecule has 23 heavy (non-hydrogen) atoms. The Hall–Kier alpha value is -2.32. The van der Waals surface area contributed by atoms with Crippen molar-refractivity contribution in [3.8, 4) is 5.75 Å². The molecular weight excluding hydrogens is 306 g/mol. The molecule has 2 aromatic carbocycles. The molecule has 2 nitrogen and oxygen atoms in total.